The molecule has 3 rings (SSSR count). The zero-order chi connectivity index (χ0) is 19.3. The third-order valence-electron chi connectivity index (χ3n) is 4.08. The van der Waals surface area contributed by atoms with Crippen molar-refractivity contribution in [2.75, 3.05) is 20.4 Å². The van der Waals surface area contributed by atoms with Crippen LogP contribution in [0, 0.1) is 0 Å². The SMILES string of the molecule is CN=C(NCCc1ccc2c(c1)OCO2)NCc1cccc(C(F)(F)F)c1.I. The van der Waals surface area contributed by atoms with Crippen molar-refractivity contribution in [2.24, 2.45) is 4.99 Å². The molecular weight excluding hydrogens is 486 g/mol. The van der Waals surface area contributed by atoms with Crippen LogP contribution in [0.1, 0.15) is 16.7 Å². The van der Waals surface area contributed by atoms with E-state index in [2.05, 4.69) is 15.6 Å². The molecule has 152 valence electrons. The van der Waals surface area contributed by atoms with Crippen molar-refractivity contribution in [1.29, 1.82) is 0 Å². The Morgan fingerprint density at radius 1 is 1.04 bits per heavy atom. The van der Waals surface area contributed by atoms with Crippen molar-refractivity contribution >= 4 is 29.9 Å². The maximum absolute atomic E-state index is 12.8. The van der Waals surface area contributed by atoms with Crippen LogP contribution in [0.15, 0.2) is 47.5 Å². The van der Waals surface area contributed by atoms with Crippen LogP contribution in [0.3, 0.4) is 0 Å². The molecule has 0 atom stereocenters. The number of ether oxygens (including phenoxy) is 2. The highest BCUT2D eigenvalue weighted by Crippen LogP contribution is 2.32. The first-order valence-corrected chi connectivity index (χ1v) is 8.45. The molecule has 0 radical (unpaired) electrons. The van der Waals surface area contributed by atoms with Gasteiger partial charge in [0.1, 0.15) is 0 Å². The number of hydrogen-bond donors (Lipinski definition) is 2. The highest BCUT2D eigenvalue weighted by molar-refractivity contribution is 14.0. The third-order valence-corrected chi connectivity index (χ3v) is 4.08. The Kier molecular flexibility index (Phi) is 7.78. The predicted molar refractivity (Wildman–Crippen MR) is 111 cm³/mol. The van der Waals surface area contributed by atoms with Crippen molar-refractivity contribution in [1.82, 2.24) is 10.6 Å². The van der Waals surface area contributed by atoms with E-state index in [-0.39, 0.29) is 37.3 Å². The van der Waals surface area contributed by atoms with E-state index in [1.165, 1.54) is 6.07 Å². The Hall–Kier alpha value is -2.17. The first-order chi connectivity index (χ1) is 13.0. The number of hydrogen-bond acceptors (Lipinski definition) is 3. The minimum atomic E-state index is -4.35. The lowest BCUT2D eigenvalue weighted by molar-refractivity contribution is -0.137. The van der Waals surface area contributed by atoms with Crippen LogP contribution in [-0.2, 0) is 19.1 Å². The number of rotatable bonds is 5. The van der Waals surface area contributed by atoms with Gasteiger partial charge in [-0.1, -0.05) is 18.2 Å². The van der Waals surface area contributed by atoms with Gasteiger partial charge in [0.25, 0.3) is 0 Å². The van der Waals surface area contributed by atoms with E-state index in [0.29, 0.717) is 18.1 Å². The van der Waals surface area contributed by atoms with Crippen molar-refractivity contribution in [2.45, 2.75) is 19.1 Å². The van der Waals surface area contributed by atoms with E-state index >= 15 is 0 Å². The summed E-state index contributed by atoms with van der Waals surface area (Å²) in [4.78, 5) is 4.09. The van der Waals surface area contributed by atoms with Crippen molar-refractivity contribution in [3.8, 4) is 11.5 Å². The molecular formula is C19H21F3IN3O2. The fourth-order valence-corrected chi connectivity index (χ4v) is 2.69. The molecule has 9 heteroatoms. The number of halogens is 4. The maximum atomic E-state index is 12.8. The minimum Gasteiger partial charge on any atom is -0.454 e. The third kappa shape index (κ3) is 5.91. The molecule has 0 aliphatic carbocycles. The van der Waals surface area contributed by atoms with E-state index in [1.54, 1.807) is 13.1 Å². The van der Waals surface area contributed by atoms with Crippen molar-refractivity contribution < 1.29 is 22.6 Å². The summed E-state index contributed by atoms with van der Waals surface area (Å²) in [5, 5.41) is 6.16. The molecule has 28 heavy (non-hydrogen) atoms. The average molecular weight is 507 g/mol. The predicted octanol–water partition coefficient (Wildman–Crippen LogP) is 3.96. The largest absolute Gasteiger partial charge is 0.454 e. The molecule has 0 amide bonds. The van der Waals surface area contributed by atoms with Crippen LogP contribution in [0.2, 0.25) is 0 Å². The summed E-state index contributed by atoms with van der Waals surface area (Å²) in [5.74, 6) is 2.00. The molecule has 0 aromatic heterocycles. The number of guanidine groups is 1. The van der Waals surface area contributed by atoms with Gasteiger partial charge in [-0.3, -0.25) is 4.99 Å². The summed E-state index contributed by atoms with van der Waals surface area (Å²) in [6.45, 7) is 1.10. The summed E-state index contributed by atoms with van der Waals surface area (Å²) >= 11 is 0. The lowest BCUT2D eigenvalue weighted by atomic mass is 10.1. The zero-order valence-electron chi connectivity index (χ0n) is 15.2. The van der Waals surface area contributed by atoms with Gasteiger partial charge in [0, 0.05) is 20.1 Å². The Morgan fingerprint density at radius 3 is 2.57 bits per heavy atom. The molecule has 0 saturated carbocycles. The second-order valence-corrected chi connectivity index (χ2v) is 5.99. The monoisotopic (exact) mass is 507 g/mol. The van der Waals surface area contributed by atoms with Gasteiger partial charge in [0.05, 0.1) is 5.56 Å². The lowest BCUT2D eigenvalue weighted by Crippen LogP contribution is -2.37. The number of aliphatic imine (C=N–C) groups is 1. The second-order valence-electron chi connectivity index (χ2n) is 5.99. The van der Waals surface area contributed by atoms with Crippen LogP contribution in [-0.4, -0.2) is 26.3 Å². The molecule has 0 fully saturated rings. The van der Waals surface area contributed by atoms with E-state index in [1.807, 2.05) is 18.2 Å². The van der Waals surface area contributed by atoms with Gasteiger partial charge in [0.15, 0.2) is 17.5 Å². The fraction of sp³-hybridized carbons (Fsp3) is 0.316. The first kappa shape index (κ1) is 22.1. The van der Waals surface area contributed by atoms with Crippen LogP contribution in [0.25, 0.3) is 0 Å². The Morgan fingerprint density at radius 2 is 1.82 bits per heavy atom. The van der Waals surface area contributed by atoms with Crippen molar-refractivity contribution in [3.05, 3.63) is 59.2 Å². The summed E-state index contributed by atoms with van der Waals surface area (Å²) in [6.07, 6.45) is -3.61. The maximum Gasteiger partial charge on any atom is 0.416 e. The molecule has 5 nitrogen and oxygen atoms in total. The molecule has 0 spiro atoms. The summed E-state index contributed by atoms with van der Waals surface area (Å²) < 4.78 is 48.9. The molecule has 0 unspecified atom stereocenters. The van der Waals surface area contributed by atoms with Crippen LogP contribution < -0.4 is 20.1 Å². The van der Waals surface area contributed by atoms with Gasteiger partial charge in [-0.15, -0.1) is 24.0 Å². The molecule has 0 saturated heterocycles. The molecule has 0 bridgehead atoms. The Bertz CT molecular complexity index is 828. The van der Waals surface area contributed by atoms with Crippen LogP contribution in [0.4, 0.5) is 13.2 Å². The van der Waals surface area contributed by atoms with Gasteiger partial charge in [-0.2, -0.15) is 13.2 Å². The van der Waals surface area contributed by atoms with Gasteiger partial charge in [-0.05, 0) is 41.8 Å². The summed E-state index contributed by atoms with van der Waals surface area (Å²) in [5.41, 5.74) is 0.955. The van der Waals surface area contributed by atoms with Gasteiger partial charge >= 0.3 is 6.18 Å². The van der Waals surface area contributed by atoms with Crippen LogP contribution in [0.5, 0.6) is 11.5 Å². The highest BCUT2D eigenvalue weighted by Gasteiger charge is 2.30. The normalized spacial score (nSPS) is 13.1. The highest BCUT2D eigenvalue weighted by atomic mass is 127. The fourth-order valence-electron chi connectivity index (χ4n) is 2.69. The quantitative estimate of drug-likeness (QED) is 0.366. The van der Waals surface area contributed by atoms with Gasteiger partial charge in [0.2, 0.25) is 6.79 Å². The lowest BCUT2D eigenvalue weighted by Gasteiger charge is -2.13. The molecule has 1 aliphatic heterocycles. The van der Waals surface area contributed by atoms with E-state index in [0.717, 1.165) is 35.6 Å². The van der Waals surface area contributed by atoms with Gasteiger partial charge < -0.3 is 20.1 Å². The van der Waals surface area contributed by atoms with E-state index in [4.69, 9.17) is 9.47 Å². The van der Waals surface area contributed by atoms with Crippen molar-refractivity contribution in [3.63, 3.8) is 0 Å². The molecule has 2 N–H and O–H groups in total. The Labute approximate surface area is 178 Å². The number of benzene rings is 2. The average Bonchev–Trinajstić information content (AvgIpc) is 3.12. The number of fused-ring (bicyclic) bond motifs is 1. The molecule has 2 aromatic rings. The summed E-state index contributed by atoms with van der Waals surface area (Å²) in [7, 11) is 1.61. The number of nitrogens with zero attached hydrogens (tertiary/aromatic N) is 1. The first-order valence-electron chi connectivity index (χ1n) is 8.45. The molecule has 2 aromatic carbocycles. The topological polar surface area (TPSA) is 54.9 Å². The molecule has 1 aliphatic rings. The standard InChI is InChI=1S/C19H20F3N3O2.HI/c1-23-18(25-11-14-3-2-4-15(9-14)19(20,21)22)24-8-7-13-5-6-16-17(10-13)27-12-26-16;/h2-6,9-10H,7-8,11-12H2,1H3,(H2,23,24,25);1H. The zero-order valence-corrected chi connectivity index (χ0v) is 17.5. The minimum absolute atomic E-state index is 0. The van der Waals surface area contributed by atoms with Gasteiger partial charge in [-0.25, -0.2) is 0 Å². The van der Waals surface area contributed by atoms with E-state index < -0.39 is 11.7 Å². The van der Waals surface area contributed by atoms with Crippen LogP contribution >= 0.6 is 24.0 Å². The number of alkyl halides is 3. The summed E-state index contributed by atoms with van der Waals surface area (Å²) in [6, 6.07) is 11.0. The number of nitrogens with one attached hydrogen (secondary N) is 2. The second kappa shape index (κ2) is 9.85. The smallest absolute Gasteiger partial charge is 0.416 e. The molecule has 1 heterocycles. The van der Waals surface area contributed by atoms with E-state index in [9.17, 15) is 13.2 Å². The Balaban J connectivity index is 0.00000280.